The average molecular weight is 570 g/mol. The number of carboxylic acid groups (broad SMARTS) is 1. The van der Waals surface area contributed by atoms with Gasteiger partial charge in [0.1, 0.15) is 27.8 Å². The van der Waals surface area contributed by atoms with Gasteiger partial charge in [-0.2, -0.15) is 0 Å². The molecule has 4 rings (SSSR count). The molecule has 1 aliphatic rings. The Morgan fingerprint density at radius 1 is 0.923 bits per heavy atom. The zero-order valence-corrected chi connectivity index (χ0v) is 22.3. The van der Waals surface area contributed by atoms with Gasteiger partial charge in [0.05, 0.1) is 30.6 Å². The maximum absolute atomic E-state index is 13.2. The highest BCUT2D eigenvalue weighted by Crippen LogP contribution is 2.36. The molecular formula is C27H21Cl2N3O7. The summed E-state index contributed by atoms with van der Waals surface area (Å²) in [6.07, 6.45) is 0. The van der Waals surface area contributed by atoms with Crippen LogP contribution in [0.2, 0.25) is 5.02 Å². The predicted octanol–water partition coefficient (Wildman–Crippen LogP) is 5.05. The second-order valence-electron chi connectivity index (χ2n) is 8.31. The number of aryl methyl sites for hydroxylation is 1. The molecule has 0 unspecified atom stereocenters. The van der Waals surface area contributed by atoms with Crippen LogP contribution in [0.25, 0.3) is 0 Å². The molecule has 3 N–H and O–H groups in total. The van der Waals surface area contributed by atoms with E-state index in [1.165, 1.54) is 38.5 Å². The molecule has 0 aliphatic carbocycles. The average Bonchev–Trinajstić information content (AvgIpc) is 3.12. The van der Waals surface area contributed by atoms with E-state index in [4.69, 9.17) is 32.7 Å². The van der Waals surface area contributed by atoms with Crippen molar-refractivity contribution in [3.05, 3.63) is 87.0 Å². The van der Waals surface area contributed by atoms with Crippen molar-refractivity contribution in [3.8, 4) is 11.5 Å². The minimum absolute atomic E-state index is 0.00509. The molecule has 200 valence electrons. The van der Waals surface area contributed by atoms with Crippen molar-refractivity contribution in [2.75, 3.05) is 29.8 Å². The van der Waals surface area contributed by atoms with Gasteiger partial charge in [0.15, 0.2) is 0 Å². The lowest BCUT2D eigenvalue weighted by Crippen LogP contribution is -2.32. The fraction of sp³-hybridized carbons (Fsp3) is 0.111. The number of imide groups is 1. The van der Waals surface area contributed by atoms with E-state index >= 15 is 0 Å². The zero-order valence-electron chi connectivity index (χ0n) is 20.8. The van der Waals surface area contributed by atoms with Crippen LogP contribution < -0.4 is 25.0 Å². The maximum atomic E-state index is 13.2. The van der Waals surface area contributed by atoms with Gasteiger partial charge < -0.3 is 25.2 Å². The van der Waals surface area contributed by atoms with Crippen molar-refractivity contribution < 1.29 is 33.8 Å². The summed E-state index contributed by atoms with van der Waals surface area (Å²) in [6, 6.07) is 13.6. The molecule has 1 heterocycles. The van der Waals surface area contributed by atoms with Crippen LogP contribution in [0.1, 0.15) is 26.3 Å². The minimum Gasteiger partial charge on any atom is -0.496 e. The topological polar surface area (TPSA) is 134 Å². The Hall–Kier alpha value is -4.54. The van der Waals surface area contributed by atoms with Crippen molar-refractivity contribution in [1.82, 2.24) is 0 Å². The number of nitrogens with one attached hydrogen (secondary N) is 2. The summed E-state index contributed by atoms with van der Waals surface area (Å²) in [7, 11) is 2.72. The van der Waals surface area contributed by atoms with E-state index in [0.717, 1.165) is 10.5 Å². The molecule has 39 heavy (non-hydrogen) atoms. The molecule has 10 nitrogen and oxygen atoms in total. The highest BCUT2D eigenvalue weighted by atomic mass is 35.5. The van der Waals surface area contributed by atoms with Crippen molar-refractivity contribution in [3.63, 3.8) is 0 Å². The van der Waals surface area contributed by atoms with E-state index < -0.39 is 23.7 Å². The summed E-state index contributed by atoms with van der Waals surface area (Å²) in [4.78, 5) is 51.4. The molecule has 0 fully saturated rings. The second-order valence-corrected chi connectivity index (χ2v) is 9.09. The molecule has 0 radical (unpaired) electrons. The molecule has 3 amide bonds. The summed E-state index contributed by atoms with van der Waals surface area (Å²) in [5.41, 5.74) is 1.33. The largest absolute Gasteiger partial charge is 0.496 e. The lowest BCUT2D eigenvalue weighted by Gasteiger charge is -2.18. The number of aromatic carboxylic acids is 1. The smallest absolute Gasteiger partial charge is 0.339 e. The minimum atomic E-state index is -1.24. The molecule has 0 bridgehead atoms. The van der Waals surface area contributed by atoms with E-state index in [1.807, 2.05) is 6.92 Å². The fourth-order valence-electron chi connectivity index (χ4n) is 3.87. The van der Waals surface area contributed by atoms with Gasteiger partial charge >= 0.3 is 5.97 Å². The van der Waals surface area contributed by atoms with E-state index in [2.05, 4.69) is 10.6 Å². The Morgan fingerprint density at radius 3 is 2.31 bits per heavy atom. The van der Waals surface area contributed by atoms with Crippen LogP contribution in [-0.4, -0.2) is 43.0 Å². The number of ether oxygens (including phenoxy) is 2. The van der Waals surface area contributed by atoms with Crippen molar-refractivity contribution in [1.29, 1.82) is 0 Å². The first kappa shape index (κ1) is 27.5. The van der Waals surface area contributed by atoms with Gasteiger partial charge in [0.2, 0.25) is 0 Å². The van der Waals surface area contributed by atoms with Gasteiger partial charge in [0, 0.05) is 17.3 Å². The molecule has 0 spiro atoms. The van der Waals surface area contributed by atoms with Crippen LogP contribution in [0.3, 0.4) is 0 Å². The third-order valence-electron chi connectivity index (χ3n) is 5.76. The number of methoxy groups -OCH3 is 2. The van der Waals surface area contributed by atoms with Gasteiger partial charge in [0.25, 0.3) is 17.7 Å². The lowest BCUT2D eigenvalue weighted by atomic mass is 10.1. The Bertz CT molecular complexity index is 1570. The number of hydrogen-bond donors (Lipinski definition) is 3. The number of rotatable bonds is 8. The molecule has 0 saturated carbocycles. The van der Waals surface area contributed by atoms with E-state index in [-0.39, 0.29) is 44.0 Å². The number of amides is 3. The van der Waals surface area contributed by atoms with Crippen molar-refractivity contribution >= 4 is 64.0 Å². The normalized spacial score (nSPS) is 13.0. The van der Waals surface area contributed by atoms with E-state index in [1.54, 1.807) is 30.3 Å². The number of carbonyl (C=O) groups excluding carboxylic acids is 3. The van der Waals surface area contributed by atoms with Crippen molar-refractivity contribution in [2.45, 2.75) is 6.92 Å². The molecule has 12 heteroatoms. The van der Waals surface area contributed by atoms with Gasteiger partial charge in [-0.05, 0) is 48.9 Å². The van der Waals surface area contributed by atoms with Crippen LogP contribution in [-0.2, 0) is 9.59 Å². The molecule has 0 aromatic heterocycles. The Balaban J connectivity index is 1.57. The molecule has 3 aromatic rings. The first-order valence-corrected chi connectivity index (χ1v) is 12.0. The van der Waals surface area contributed by atoms with Gasteiger partial charge in [-0.3, -0.25) is 14.4 Å². The number of halogens is 2. The van der Waals surface area contributed by atoms with Gasteiger partial charge in [-0.1, -0.05) is 35.3 Å². The van der Waals surface area contributed by atoms with E-state index in [0.29, 0.717) is 11.4 Å². The summed E-state index contributed by atoms with van der Waals surface area (Å²) in [5, 5.41) is 14.4. The lowest BCUT2D eigenvalue weighted by molar-refractivity contribution is -0.120. The van der Waals surface area contributed by atoms with Gasteiger partial charge in [-0.15, -0.1) is 0 Å². The standard InChI is InChI=1S/C27H21Cl2N3O7/c1-13-7-8-20(38-2)19(9-13)32-25(34)22(29)23(26(32)35)30-15-6-4-5-14(10-15)24(33)31-18-12-21(39-3)16(27(36)37)11-17(18)28/h4-12,30H,1-3H3,(H,31,33)(H,36,37). The number of benzene rings is 3. The third kappa shape index (κ3) is 5.38. The molecule has 3 aromatic carbocycles. The van der Waals surface area contributed by atoms with Gasteiger partial charge in [-0.25, -0.2) is 9.69 Å². The number of anilines is 3. The second kappa shape index (κ2) is 11.1. The number of nitrogens with zero attached hydrogens (tertiary/aromatic N) is 1. The number of hydrogen-bond acceptors (Lipinski definition) is 7. The molecule has 0 saturated heterocycles. The highest BCUT2D eigenvalue weighted by Gasteiger charge is 2.40. The molecule has 1 aliphatic heterocycles. The number of carbonyl (C=O) groups is 4. The van der Waals surface area contributed by atoms with Crippen LogP contribution in [0.15, 0.2) is 65.3 Å². The summed E-state index contributed by atoms with van der Waals surface area (Å²) in [6.45, 7) is 1.81. The summed E-state index contributed by atoms with van der Waals surface area (Å²) >= 11 is 12.4. The monoisotopic (exact) mass is 569 g/mol. The quantitative estimate of drug-likeness (QED) is 0.321. The predicted molar refractivity (Wildman–Crippen MR) is 146 cm³/mol. The van der Waals surface area contributed by atoms with E-state index in [9.17, 15) is 24.3 Å². The van der Waals surface area contributed by atoms with Crippen LogP contribution in [0.5, 0.6) is 11.5 Å². The summed E-state index contributed by atoms with van der Waals surface area (Å²) < 4.78 is 10.4. The van der Waals surface area contributed by atoms with Crippen LogP contribution in [0.4, 0.5) is 17.1 Å². The zero-order chi connectivity index (χ0) is 28.4. The maximum Gasteiger partial charge on any atom is 0.339 e. The SMILES string of the molecule is COc1cc(NC(=O)c2cccc(NC3=C(Cl)C(=O)N(c4cc(C)ccc4OC)C3=O)c2)c(Cl)cc1C(=O)O. The third-order valence-corrected chi connectivity index (χ3v) is 6.43. The first-order chi connectivity index (χ1) is 18.5. The Morgan fingerprint density at radius 2 is 1.64 bits per heavy atom. The Kier molecular flexibility index (Phi) is 7.80. The van der Waals surface area contributed by atoms with Crippen LogP contribution in [0, 0.1) is 6.92 Å². The molecule has 0 atom stereocenters. The highest BCUT2D eigenvalue weighted by molar-refractivity contribution is 6.53. The van der Waals surface area contributed by atoms with Crippen LogP contribution >= 0.6 is 23.2 Å². The fourth-order valence-corrected chi connectivity index (χ4v) is 4.29. The number of carboxylic acids is 1. The summed E-state index contributed by atoms with van der Waals surface area (Å²) in [5.74, 6) is -2.91. The van der Waals surface area contributed by atoms with Crippen molar-refractivity contribution in [2.24, 2.45) is 0 Å². The molecular weight excluding hydrogens is 549 g/mol. The first-order valence-electron chi connectivity index (χ1n) is 11.3. The Labute approximate surface area is 232 Å².